The van der Waals surface area contributed by atoms with Gasteiger partial charge in [0.2, 0.25) is 5.82 Å². The van der Waals surface area contributed by atoms with Crippen molar-refractivity contribution in [2.24, 2.45) is 5.92 Å². The van der Waals surface area contributed by atoms with Gasteiger partial charge in [-0.2, -0.15) is 13.2 Å². The zero-order valence-corrected chi connectivity index (χ0v) is 16.6. The van der Waals surface area contributed by atoms with Crippen LogP contribution in [-0.4, -0.2) is 45.6 Å². The second kappa shape index (κ2) is 7.37. The quantitative estimate of drug-likeness (QED) is 0.766. The Balaban J connectivity index is 1.40. The third-order valence-electron chi connectivity index (χ3n) is 6.49. The van der Waals surface area contributed by atoms with Gasteiger partial charge in [-0.15, -0.1) is 0 Å². The van der Waals surface area contributed by atoms with E-state index in [4.69, 9.17) is 0 Å². The molecule has 3 aliphatic heterocycles. The standard InChI is InChI=1S/C21H24F3N5O/c22-21(23,24)20-25-6-5-18(26-20)28-10-14-9-16(13-28)17-4-3-15(19(30)29(17)11-14)12-27-7-1-2-8-27/h3-6,14,16H,1-2,7-13H2/t14-,16+/m0/s1. The van der Waals surface area contributed by atoms with E-state index in [1.54, 1.807) is 0 Å². The summed E-state index contributed by atoms with van der Waals surface area (Å²) in [6.45, 7) is 4.53. The lowest BCUT2D eigenvalue weighted by molar-refractivity contribution is -0.144. The van der Waals surface area contributed by atoms with Crippen LogP contribution in [0.5, 0.6) is 0 Å². The molecule has 0 amide bonds. The highest BCUT2D eigenvalue weighted by molar-refractivity contribution is 5.40. The van der Waals surface area contributed by atoms with Crippen molar-refractivity contribution in [3.8, 4) is 0 Å². The number of piperidine rings is 1. The lowest BCUT2D eigenvalue weighted by atomic mass is 9.83. The number of hydrogen-bond acceptors (Lipinski definition) is 5. The summed E-state index contributed by atoms with van der Waals surface area (Å²) in [5, 5.41) is 0. The smallest absolute Gasteiger partial charge is 0.355 e. The van der Waals surface area contributed by atoms with Crippen molar-refractivity contribution >= 4 is 5.82 Å². The van der Waals surface area contributed by atoms with E-state index in [-0.39, 0.29) is 17.4 Å². The molecule has 6 nitrogen and oxygen atoms in total. The van der Waals surface area contributed by atoms with Gasteiger partial charge in [0.25, 0.3) is 5.56 Å². The fourth-order valence-electron chi connectivity index (χ4n) is 5.14. The lowest BCUT2D eigenvalue weighted by Crippen LogP contribution is -2.48. The van der Waals surface area contributed by atoms with Crippen LogP contribution in [-0.2, 0) is 19.3 Å². The largest absolute Gasteiger partial charge is 0.451 e. The number of hydrogen-bond donors (Lipinski definition) is 0. The zero-order valence-electron chi connectivity index (χ0n) is 16.6. The number of halogens is 3. The maximum absolute atomic E-state index is 13.1. The molecule has 0 unspecified atom stereocenters. The molecule has 30 heavy (non-hydrogen) atoms. The minimum atomic E-state index is -4.56. The maximum Gasteiger partial charge on any atom is 0.451 e. The first-order valence-electron chi connectivity index (χ1n) is 10.5. The van der Waals surface area contributed by atoms with Crippen LogP contribution in [0.4, 0.5) is 19.0 Å². The summed E-state index contributed by atoms with van der Waals surface area (Å²) in [7, 11) is 0. The van der Waals surface area contributed by atoms with E-state index in [0.29, 0.717) is 32.0 Å². The highest BCUT2D eigenvalue weighted by atomic mass is 19.4. The van der Waals surface area contributed by atoms with Gasteiger partial charge in [-0.25, -0.2) is 9.97 Å². The summed E-state index contributed by atoms with van der Waals surface area (Å²) in [5.41, 5.74) is 1.91. The van der Waals surface area contributed by atoms with E-state index in [0.717, 1.165) is 30.8 Å². The summed E-state index contributed by atoms with van der Waals surface area (Å²) in [5.74, 6) is -0.497. The lowest BCUT2D eigenvalue weighted by Gasteiger charge is -2.43. The van der Waals surface area contributed by atoms with Crippen molar-refractivity contribution in [1.82, 2.24) is 19.4 Å². The molecule has 0 N–H and O–H groups in total. The first kappa shape index (κ1) is 19.5. The Morgan fingerprint density at radius 3 is 2.63 bits per heavy atom. The van der Waals surface area contributed by atoms with E-state index in [1.165, 1.54) is 25.1 Å². The van der Waals surface area contributed by atoms with Crippen molar-refractivity contribution in [2.75, 3.05) is 31.1 Å². The summed E-state index contributed by atoms with van der Waals surface area (Å²) >= 11 is 0. The van der Waals surface area contributed by atoms with Crippen LogP contribution in [0.1, 0.15) is 42.3 Å². The fourth-order valence-corrected chi connectivity index (χ4v) is 5.14. The Labute approximate surface area is 172 Å². The Hall–Kier alpha value is -2.42. The molecule has 3 aliphatic rings. The van der Waals surface area contributed by atoms with Crippen molar-refractivity contribution in [3.05, 3.63) is 51.8 Å². The second-order valence-electron chi connectivity index (χ2n) is 8.62. The van der Waals surface area contributed by atoms with Crippen LogP contribution in [0.3, 0.4) is 0 Å². The normalized spacial score (nSPS) is 24.2. The minimum absolute atomic E-state index is 0.0870. The van der Waals surface area contributed by atoms with Crippen LogP contribution >= 0.6 is 0 Å². The average Bonchev–Trinajstić information content (AvgIpc) is 3.23. The Bertz CT molecular complexity index is 999. The monoisotopic (exact) mass is 419 g/mol. The van der Waals surface area contributed by atoms with Gasteiger partial charge >= 0.3 is 6.18 Å². The van der Waals surface area contributed by atoms with Gasteiger partial charge in [0.1, 0.15) is 5.82 Å². The SMILES string of the molecule is O=c1c(CN2CCCC2)ccc2n1C[C@H]1C[C@@H]2CN(c2ccnc(C(F)(F)F)n2)C1. The van der Waals surface area contributed by atoms with Crippen molar-refractivity contribution in [2.45, 2.75) is 44.4 Å². The van der Waals surface area contributed by atoms with E-state index >= 15 is 0 Å². The molecule has 0 aromatic carbocycles. The molecule has 2 saturated heterocycles. The number of nitrogens with zero attached hydrogens (tertiary/aromatic N) is 5. The molecule has 0 radical (unpaired) electrons. The summed E-state index contributed by atoms with van der Waals surface area (Å²) in [4.78, 5) is 24.5. The van der Waals surface area contributed by atoms with Crippen molar-refractivity contribution < 1.29 is 13.2 Å². The minimum Gasteiger partial charge on any atom is -0.355 e. The predicted molar refractivity (Wildman–Crippen MR) is 105 cm³/mol. The number of likely N-dealkylation sites (tertiary alicyclic amines) is 1. The third-order valence-corrected chi connectivity index (χ3v) is 6.49. The third kappa shape index (κ3) is 3.59. The Morgan fingerprint density at radius 2 is 1.87 bits per heavy atom. The number of pyridine rings is 1. The van der Waals surface area contributed by atoms with Gasteiger partial charge in [-0.05, 0) is 50.4 Å². The summed E-state index contributed by atoms with van der Waals surface area (Å²) in [6.07, 6.45) is -0.0821. The van der Waals surface area contributed by atoms with Gasteiger partial charge in [0.15, 0.2) is 0 Å². The van der Waals surface area contributed by atoms with Crippen LogP contribution in [0, 0.1) is 5.92 Å². The molecule has 2 fully saturated rings. The molecule has 0 aliphatic carbocycles. The number of fused-ring (bicyclic) bond motifs is 4. The van der Waals surface area contributed by atoms with Gasteiger partial charge in [0, 0.05) is 49.6 Å². The van der Waals surface area contributed by atoms with E-state index in [2.05, 4.69) is 14.9 Å². The average molecular weight is 419 g/mol. The van der Waals surface area contributed by atoms with Gasteiger partial charge in [0.05, 0.1) is 0 Å². The summed E-state index contributed by atoms with van der Waals surface area (Å²) in [6, 6.07) is 5.51. The zero-order chi connectivity index (χ0) is 20.9. The number of aromatic nitrogens is 3. The first-order chi connectivity index (χ1) is 14.4. The summed E-state index contributed by atoms with van der Waals surface area (Å²) < 4.78 is 40.9. The highest BCUT2D eigenvalue weighted by Gasteiger charge is 2.38. The van der Waals surface area contributed by atoms with E-state index in [1.807, 2.05) is 21.6 Å². The molecule has 2 aromatic heterocycles. The Morgan fingerprint density at radius 1 is 1.07 bits per heavy atom. The molecule has 160 valence electrons. The molecule has 0 saturated carbocycles. The molecule has 2 aromatic rings. The number of alkyl halides is 3. The molecular weight excluding hydrogens is 395 g/mol. The Kier molecular flexibility index (Phi) is 4.80. The van der Waals surface area contributed by atoms with Gasteiger partial charge in [-0.1, -0.05) is 6.07 Å². The topological polar surface area (TPSA) is 54.3 Å². The van der Waals surface area contributed by atoms with Gasteiger partial charge < -0.3 is 9.47 Å². The molecule has 2 bridgehead atoms. The van der Waals surface area contributed by atoms with E-state index < -0.39 is 12.0 Å². The van der Waals surface area contributed by atoms with Crippen molar-refractivity contribution in [3.63, 3.8) is 0 Å². The molecular formula is C21H24F3N5O. The van der Waals surface area contributed by atoms with Crippen LogP contribution in [0.2, 0.25) is 0 Å². The van der Waals surface area contributed by atoms with Crippen molar-refractivity contribution in [1.29, 1.82) is 0 Å². The first-order valence-corrected chi connectivity index (χ1v) is 10.5. The van der Waals surface area contributed by atoms with Gasteiger partial charge in [-0.3, -0.25) is 9.69 Å². The maximum atomic E-state index is 13.1. The fraction of sp³-hybridized carbons (Fsp3) is 0.571. The van der Waals surface area contributed by atoms with E-state index in [9.17, 15) is 18.0 Å². The molecule has 5 heterocycles. The second-order valence-corrected chi connectivity index (χ2v) is 8.62. The molecule has 5 rings (SSSR count). The number of rotatable bonds is 3. The predicted octanol–water partition coefficient (Wildman–Crippen LogP) is 2.88. The van der Waals surface area contributed by atoms with Crippen LogP contribution < -0.4 is 10.5 Å². The van der Waals surface area contributed by atoms with Crippen LogP contribution in [0.25, 0.3) is 0 Å². The number of anilines is 1. The molecule has 0 spiro atoms. The highest BCUT2D eigenvalue weighted by Crippen LogP contribution is 2.37. The van der Waals surface area contributed by atoms with Crippen LogP contribution in [0.15, 0.2) is 29.2 Å². The molecule has 2 atom stereocenters. The molecule has 9 heteroatoms.